The largest absolute Gasteiger partial charge is 0.476 e. The van der Waals surface area contributed by atoms with Crippen LogP contribution in [0.15, 0.2) is 48.5 Å². The molecular weight excluding hydrogens is 303 g/mol. The van der Waals surface area contributed by atoms with Gasteiger partial charge in [0.15, 0.2) is 0 Å². The Balaban J connectivity index is 2.19. The minimum Gasteiger partial charge on any atom is -0.476 e. The first-order chi connectivity index (χ1) is 9.58. The summed E-state index contributed by atoms with van der Waals surface area (Å²) in [5, 5.41) is 9.73. The van der Waals surface area contributed by atoms with E-state index in [0.29, 0.717) is 10.0 Å². The van der Waals surface area contributed by atoms with Crippen LogP contribution in [0.25, 0.3) is 0 Å². The van der Waals surface area contributed by atoms with E-state index in [1.807, 2.05) is 0 Å². The summed E-state index contributed by atoms with van der Waals surface area (Å²) in [6.07, 6.45) is -1.55. The fourth-order valence-corrected chi connectivity index (χ4v) is 1.80. The van der Waals surface area contributed by atoms with Crippen molar-refractivity contribution >= 4 is 29.2 Å². The van der Waals surface area contributed by atoms with E-state index in [0.717, 1.165) is 0 Å². The van der Waals surface area contributed by atoms with Crippen LogP contribution in [-0.2, 0) is 4.79 Å². The molecule has 6 heteroatoms. The third-order valence-corrected chi connectivity index (χ3v) is 2.97. The standard InChI is InChI=1S/C14H10Cl2O4/c15-9-5-1-3-7-11(9)19-14(13(17)18)20-12-8-4-2-6-10(12)16/h1-8,14H,(H,17,18). The number of carboxylic acids is 1. The number of halogens is 2. The fraction of sp³-hybridized carbons (Fsp3) is 0.0714. The highest BCUT2D eigenvalue weighted by Crippen LogP contribution is 2.27. The third kappa shape index (κ3) is 3.56. The molecule has 0 saturated heterocycles. The zero-order valence-electron chi connectivity index (χ0n) is 10.1. The van der Waals surface area contributed by atoms with Gasteiger partial charge in [-0.25, -0.2) is 4.79 Å². The first-order valence-corrected chi connectivity index (χ1v) is 6.38. The number of aliphatic carboxylic acids is 1. The maximum Gasteiger partial charge on any atom is 0.387 e. The predicted octanol–water partition coefficient (Wildman–Crippen LogP) is 3.86. The summed E-state index contributed by atoms with van der Waals surface area (Å²) in [7, 11) is 0. The van der Waals surface area contributed by atoms with Gasteiger partial charge in [0.2, 0.25) is 0 Å². The average Bonchev–Trinajstić information content (AvgIpc) is 2.42. The molecule has 0 aliphatic rings. The topological polar surface area (TPSA) is 55.8 Å². The van der Waals surface area contributed by atoms with Gasteiger partial charge in [0, 0.05) is 0 Å². The van der Waals surface area contributed by atoms with Crippen molar-refractivity contribution in [3.05, 3.63) is 58.6 Å². The summed E-state index contributed by atoms with van der Waals surface area (Å²) in [6.45, 7) is 0. The highest BCUT2D eigenvalue weighted by Gasteiger charge is 2.23. The number of rotatable bonds is 5. The third-order valence-electron chi connectivity index (χ3n) is 2.34. The van der Waals surface area contributed by atoms with Crippen molar-refractivity contribution in [2.24, 2.45) is 0 Å². The smallest absolute Gasteiger partial charge is 0.387 e. The number of carbonyl (C=O) groups is 1. The Morgan fingerprint density at radius 2 is 1.30 bits per heavy atom. The van der Waals surface area contributed by atoms with Crippen molar-refractivity contribution in [1.82, 2.24) is 0 Å². The number of benzene rings is 2. The molecule has 2 rings (SSSR count). The zero-order chi connectivity index (χ0) is 14.5. The number of carboxylic acid groups (broad SMARTS) is 1. The van der Waals surface area contributed by atoms with Gasteiger partial charge in [-0.15, -0.1) is 0 Å². The lowest BCUT2D eigenvalue weighted by Crippen LogP contribution is -2.33. The second-order valence-electron chi connectivity index (χ2n) is 3.77. The van der Waals surface area contributed by atoms with Gasteiger partial charge < -0.3 is 14.6 Å². The Morgan fingerprint density at radius 1 is 0.900 bits per heavy atom. The van der Waals surface area contributed by atoms with E-state index >= 15 is 0 Å². The van der Waals surface area contributed by atoms with E-state index in [9.17, 15) is 4.79 Å². The van der Waals surface area contributed by atoms with Crippen LogP contribution in [0.1, 0.15) is 0 Å². The van der Waals surface area contributed by atoms with Gasteiger partial charge in [-0.2, -0.15) is 0 Å². The molecule has 0 bridgehead atoms. The predicted molar refractivity (Wildman–Crippen MR) is 75.6 cm³/mol. The molecule has 0 atom stereocenters. The first kappa shape index (κ1) is 14.5. The van der Waals surface area contributed by atoms with Crippen molar-refractivity contribution < 1.29 is 19.4 Å². The maximum absolute atomic E-state index is 11.2. The molecule has 0 aromatic heterocycles. The molecule has 0 fully saturated rings. The molecule has 0 radical (unpaired) electrons. The van der Waals surface area contributed by atoms with Crippen LogP contribution in [0.4, 0.5) is 0 Å². The van der Waals surface area contributed by atoms with Gasteiger partial charge in [-0.3, -0.25) is 0 Å². The van der Waals surface area contributed by atoms with E-state index in [-0.39, 0.29) is 11.5 Å². The molecule has 104 valence electrons. The zero-order valence-corrected chi connectivity index (χ0v) is 11.6. The van der Waals surface area contributed by atoms with Crippen LogP contribution in [0, 0.1) is 0 Å². The normalized spacial score (nSPS) is 10.3. The Hall–Kier alpha value is -1.91. The molecule has 1 N–H and O–H groups in total. The van der Waals surface area contributed by atoms with Crippen molar-refractivity contribution in [3.8, 4) is 11.5 Å². The number of para-hydroxylation sites is 2. The molecule has 4 nitrogen and oxygen atoms in total. The van der Waals surface area contributed by atoms with Gasteiger partial charge in [-0.1, -0.05) is 47.5 Å². The highest BCUT2D eigenvalue weighted by atomic mass is 35.5. The Kier molecular flexibility index (Phi) is 4.71. The number of hydrogen-bond donors (Lipinski definition) is 1. The maximum atomic E-state index is 11.2. The molecular formula is C14H10Cl2O4. The van der Waals surface area contributed by atoms with E-state index in [2.05, 4.69) is 0 Å². The second-order valence-corrected chi connectivity index (χ2v) is 4.58. The summed E-state index contributed by atoms with van der Waals surface area (Å²) in [5.74, 6) is -0.855. The Bertz CT molecular complexity index is 568. The lowest BCUT2D eigenvalue weighted by atomic mass is 10.3. The van der Waals surface area contributed by atoms with E-state index in [1.165, 1.54) is 0 Å². The molecule has 0 spiro atoms. The van der Waals surface area contributed by atoms with Crippen molar-refractivity contribution in [2.45, 2.75) is 6.29 Å². The molecule has 2 aromatic carbocycles. The molecule has 2 aromatic rings. The Labute approximate surface area is 125 Å². The fourth-order valence-electron chi connectivity index (χ4n) is 1.44. The first-order valence-electron chi connectivity index (χ1n) is 5.63. The second kappa shape index (κ2) is 6.50. The van der Waals surface area contributed by atoms with Crippen molar-refractivity contribution in [2.75, 3.05) is 0 Å². The SMILES string of the molecule is O=C(O)C(Oc1ccccc1Cl)Oc1ccccc1Cl. The van der Waals surface area contributed by atoms with Crippen LogP contribution in [-0.4, -0.2) is 17.4 Å². The van der Waals surface area contributed by atoms with Gasteiger partial charge in [0.05, 0.1) is 10.0 Å². The molecule has 0 unspecified atom stereocenters. The Morgan fingerprint density at radius 3 is 1.65 bits per heavy atom. The average molecular weight is 313 g/mol. The van der Waals surface area contributed by atoms with E-state index < -0.39 is 12.3 Å². The summed E-state index contributed by atoms with van der Waals surface area (Å²) >= 11 is 11.8. The summed E-state index contributed by atoms with van der Waals surface area (Å²) < 4.78 is 10.5. The number of hydrogen-bond acceptors (Lipinski definition) is 3. The molecule has 0 heterocycles. The van der Waals surface area contributed by atoms with E-state index in [1.54, 1.807) is 48.5 Å². The highest BCUT2D eigenvalue weighted by molar-refractivity contribution is 6.32. The minimum absolute atomic E-state index is 0.216. The van der Waals surface area contributed by atoms with Crippen LogP contribution < -0.4 is 9.47 Å². The summed E-state index contributed by atoms with van der Waals surface area (Å²) in [6, 6.07) is 13.0. The quantitative estimate of drug-likeness (QED) is 0.852. The van der Waals surface area contributed by atoms with Gasteiger partial charge >= 0.3 is 12.3 Å². The lowest BCUT2D eigenvalue weighted by Gasteiger charge is -2.17. The van der Waals surface area contributed by atoms with Gasteiger partial charge in [-0.05, 0) is 24.3 Å². The van der Waals surface area contributed by atoms with Crippen LogP contribution in [0.3, 0.4) is 0 Å². The van der Waals surface area contributed by atoms with Crippen LogP contribution in [0.5, 0.6) is 11.5 Å². The van der Waals surface area contributed by atoms with Crippen LogP contribution >= 0.6 is 23.2 Å². The molecule has 0 aliphatic heterocycles. The summed E-state index contributed by atoms with van der Waals surface area (Å²) in [5.41, 5.74) is 0. The molecule has 0 aliphatic carbocycles. The molecule has 20 heavy (non-hydrogen) atoms. The number of ether oxygens (including phenoxy) is 2. The van der Waals surface area contributed by atoms with Crippen molar-refractivity contribution in [1.29, 1.82) is 0 Å². The van der Waals surface area contributed by atoms with E-state index in [4.69, 9.17) is 37.8 Å². The van der Waals surface area contributed by atoms with Crippen LogP contribution in [0.2, 0.25) is 10.0 Å². The van der Waals surface area contributed by atoms with Gasteiger partial charge in [0.1, 0.15) is 11.5 Å². The monoisotopic (exact) mass is 312 g/mol. The molecule has 0 saturated carbocycles. The van der Waals surface area contributed by atoms with Crippen molar-refractivity contribution in [3.63, 3.8) is 0 Å². The molecule has 0 amide bonds. The minimum atomic E-state index is -1.55. The lowest BCUT2D eigenvalue weighted by molar-refractivity contribution is -0.158. The summed E-state index contributed by atoms with van der Waals surface area (Å²) in [4.78, 5) is 11.2. The van der Waals surface area contributed by atoms with Gasteiger partial charge in [0.25, 0.3) is 0 Å².